The van der Waals surface area contributed by atoms with Crippen LogP contribution >= 0.6 is 0 Å². The van der Waals surface area contributed by atoms with Crippen LogP contribution in [0.15, 0.2) is 53.8 Å². The molecule has 6 rings (SSSR count). The highest BCUT2D eigenvalue weighted by Gasteiger charge is 2.26. The van der Waals surface area contributed by atoms with E-state index in [1.54, 1.807) is 36.4 Å². The summed E-state index contributed by atoms with van der Waals surface area (Å²) in [6, 6.07) is 7.70. The number of pyridine rings is 3. The van der Waals surface area contributed by atoms with Gasteiger partial charge in [-0.1, -0.05) is 0 Å². The van der Waals surface area contributed by atoms with E-state index in [0.717, 1.165) is 73.4 Å². The van der Waals surface area contributed by atoms with Gasteiger partial charge in [0, 0.05) is 57.7 Å². The third-order valence-electron chi connectivity index (χ3n) is 6.88. The minimum absolute atomic E-state index is 0.0201. The minimum atomic E-state index is -0.256. The van der Waals surface area contributed by atoms with Crippen LogP contribution in [-0.2, 0) is 13.6 Å². The van der Waals surface area contributed by atoms with Crippen molar-refractivity contribution in [2.24, 2.45) is 7.05 Å². The number of rotatable bonds is 6. The Morgan fingerprint density at radius 1 is 1.08 bits per heavy atom. The molecule has 10 nitrogen and oxygen atoms in total. The summed E-state index contributed by atoms with van der Waals surface area (Å²) in [5, 5.41) is 6.85. The summed E-state index contributed by atoms with van der Waals surface area (Å²) in [6.07, 6.45) is 9.21. The van der Waals surface area contributed by atoms with Crippen molar-refractivity contribution < 1.29 is 4.79 Å². The van der Waals surface area contributed by atoms with Gasteiger partial charge in [-0.2, -0.15) is 5.10 Å². The molecule has 4 aromatic rings. The Morgan fingerprint density at radius 2 is 1.92 bits per heavy atom. The smallest absolute Gasteiger partial charge is 0.274 e. The molecule has 1 aliphatic heterocycles. The number of nitrogens with zero attached hydrogens (tertiary/aromatic N) is 6. The topological polar surface area (TPSA) is 112 Å². The highest BCUT2D eigenvalue weighted by atomic mass is 16.2. The van der Waals surface area contributed by atoms with Gasteiger partial charge in [0.2, 0.25) is 0 Å². The highest BCUT2D eigenvalue weighted by Crippen LogP contribution is 2.38. The predicted molar refractivity (Wildman–Crippen MR) is 137 cm³/mol. The average Bonchev–Trinajstić information content (AvgIpc) is 3.65. The number of carbonyl (C=O) groups excluding carboxylic acids is 1. The number of aryl methyl sites for hydroxylation is 1. The minimum Gasteiger partial charge on any atom is -0.368 e. The van der Waals surface area contributed by atoms with Crippen molar-refractivity contribution in [3.63, 3.8) is 0 Å². The van der Waals surface area contributed by atoms with E-state index in [9.17, 15) is 9.59 Å². The Bertz CT molecular complexity index is 1460. The molecule has 1 saturated heterocycles. The molecule has 4 aromatic heterocycles. The van der Waals surface area contributed by atoms with Crippen molar-refractivity contribution in [3.8, 4) is 0 Å². The number of carbonyl (C=O) groups is 1. The number of aromatic nitrogens is 5. The summed E-state index contributed by atoms with van der Waals surface area (Å²) >= 11 is 0. The van der Waals surface area contributed by atoms with Crippen LogP contribution in [0, 0.1) is 0 Å². The lowest BCUT2D eigenvalue weighted by atomic mass is 10.1. The molecule has 2 aliphatic rings. The first kappa shape index (κ1) is 22.4. The average molecular weight is 485 g/mol. The number of hydrogen-bond donors (Lipinski definition) is 2. The summed E-state index contributed by atoms with van der Waals surface area (Å²) in [5.41, 5.74) is 5.66. The third-order valence-corrected chi connectivity index (χ3v) is 6.88. The van der Waals surface area contributed by atoms with Crippen LogP contribution in [0.4, 0.5) is 11.4 Å². The first-order valence-electron chi connectivity index (χ1n) is 12.3. The Kier molecular flexibility index (Phi) is 5.73. The van der Waals surface area contributed by atoms with Gasteiger partial charge in [0.15, 0.2) is 0 Å². The van der Waals surface area contributed by atoms with Crippen molar-refractivity contribution in [1.82, 2.24) is 29.6 Å². The zero-order valence-corrected chi connectivity index (χ0v) is 20.1. The van der Waals surface area contributed by atoms with Gasteiger partial charge in [0.1, 0.15) is 5.69 Å². The van der Waals surface area contributed by atoms with Crippen LogP contribution in [0.5, 0.6) is 0 Å². The van der Waals surface area contributed by atoms with Crippen molar-refractivity contribution in [1.29, 1.82) is 0 Å². The van der Waals surface area contributed by atoms with Crippen molar-refractivity contribution in [2.75, 3.05) is 36.4 Å². The van der Waals surface area contributed by atoms with E-state index in [0.29, 0.717) is 17.3 Å². The number of hydrogen-bond acceptors (Lipinski definition) is 7. The normalized spacial score (nSPS) is 16.4. The fourth-order valence-corrected chi connectivity index (χ4v) is 4.74. The quantitative estimate of drug-likeness (QED) is 0.432. The molecule has 1 saturated carbocycles. The fraction of sp³-hybridized carbons (Fsp3) is 0.346. The SMILES string of the molecule is Cn1cc(NC(=O)c2ccc(N3CCN(Cc4cnc5cc(C6CC6)c(=O)[nH]c5c4)CC3)cn2)cn1. The molecule has 0 atom stereocenters. The van der Waals surface area contributed by atoms with Gasteiger partial charge in [0.05, 0.1) is 34.8 Å². The summed E-state index contributed by atoms with van der Waals surface area (Å²) in [4.78, 5) is 41.5. The predicted octanol–water partition coefficient (Wildman–Crippen LogP) is 2.50. The van der Waals surface area contributed by atoms with Gasteiger partial charge in [-0.3, -0.25) is 24.2 Å². The summed E-state index contributed by atoms with van der Waals surface area (Å²) in [6.45, 7) is 4.32. The van der Waals surface area contributed by atoms with E-state index in [4.69, 9.17) is 0 Å². The maximum Gasteiger partial charge on any atom is 0.274 e. The van der Waals surface area contributed by atoms with E-state index >= 15 is 0 Å². The first-order chi connectivity index (χ1) is 17.5. The van der Waals surface area contributed by atoms with E-state index in [-0.39, 0.29) is 11.5 Å². The number of amides is 1. The zero-order valence-electron chi connectivity index (χ0n) is 20.1. The van der Waals surface area contributed by atoms with E-state index in [2.05, 4.69) is 35.2 Å². The molecule has 2 N–H and O–H groups in total. The molecule has 5 heterocycles. The van der Waals surface area contributed by atoms with E-state index in [1.165, 1.54) is 0 Å². The zero-order chi connectivity index (χ0) is 24.6. The standard InChI is InChI=1S/C26H28N8O2/c1-32-16-19(13-29-32)30-26(36)22-5-4-20(14-28-22)34-8-6-33(7-9-34)15-17-10-24-23(27-12-17)11-21(18-2-3-18)25(35)31-24/h4-5,10-14,16,18H,2-3,6-9,15H2,1H3,(H,30,36)(H,31,35). The summed E-state index contributed by atoms with van der Waals surface area (Å²) in [5.74, 6) is 0.153. The van der Waals surface area contributed by atoms with Crippen LogP contribution in [-0.4, -0.2) is 61.7 Å². The molecule has 0 aromatic carbocycles. The second-order valence-electron chi connectivity index (χ2n) is 9.63. The molecular weight excluding hydrogens is 456 g/mol. The lowest BCUT2D eigenvalue weighted by Crippen LogP contribution is -2.46. The lowest BCUT2D eigenvalue weighted by Gasteiger charge is -2.36. The molecule has 2 fully saturated rings. The van der Waals surface area contributed by atoms with Crippen LogP contribution in [0.1, 0.15) is 40.4 Å². The maximum absolute atomic E-state index is 12.4. The molecule has 1 aliphatic carbocycles. The monoisotopic (exact) mass is 484 g/mol. The maximum atomic E-state index is 12.4. The van der Waals surface area contributed by atoms with Crippen LogP contribution in [0.2, 0.25) is 0 Å². The Morgan fingerprint density at radius 3 is 2.61 bits per heavy atom. The number of piperazine rings is 1. The summed E-state index contributed by atoms with van der Waals surface area (Å²) in [7, 11) is 1.80. The molecule has 184 valence electrons. The third kappa shape index (κ3) is 4.72. The number of H-pyrrole nitrogens is 1. The van der Waals surface area contributed by atoms with E-state index in [1.807, 2.05) is 24.4 Å². The molecule has 1 amide bonds. The Labute approximate surface area is 208 Å². The number of nitrogens with one attached hydrogen (secondary N) is 2. The highest BCUT2D eigenvalue weighted by molar-refractivity contribution is 6.02. The van der Waals surface area contributed by atoms with Crippen molar-refractivity contribution in [2.45, 2.75) is 25.3 Å². The van der Waals surface area contributed by atoms with Gasteiger partial charge in [-0.25, -0.2) is 4.98 Å². The first-order valence-corrected chi connectivity index (χ1v) is 12.3. The van der Waals surface area contributed by atoms with Gasteiger partial charge in [-0.05, 0) is 48.6 Å². The number of fused-ring (bicyclic) bond motifs is 1. The second-order valence-corrected chi connectivity index (χ2v) is 9.63. The molecular formula is C26H28N8O2. The fourth-order valence-electron chi connectivity index (χ4n) is 4.74. The van der Waals surface area contributed by atoms with Crippen LogP contribution in [0.3, 0.4) is 0 Å². The van der Waals surface area contributed by atoms with Gasteiger partial charge < -0.3 is 15.2 Å². The van der Waals surface area contributed by atoms with Gasteiger partial charge >= 0.3 is 0 Å². The molecule has 0 spiro atoms. The molecule has 0 unspecified atom stereocenters. The molecule has 10 heteroatoms. The van der Waals surface area contributed by atoms with Gasteiger partial charge in [0.25, 0.3) is 11.5 Å². The van der Waals surface area contributed by atoms with Gasteiger partial charge in [-0.15, -0.1) is 0 Å². The summed E-state index contributed by atoms with van der Waals surface area (Å²) < 4.78 is 1.63. The number of anilines is 2. The van der Waals surface area contributed by atoms with E-state index < -0.39 is 0 Å². The second kappa shape index (κ2) is 9.19. The van der Waals surface area contributed by atoms with Crippen LogP contribution < -0.4 is 15.8 Å². The molecule has 0 radical (unpaired) electrons. The largest absolute Gasteiger partial charge is 0.368 e. The lowest BCUT2D eigenvalue weighted by molar-refractivity contribution is 0.102. The Hall–Kier alpha value is -4.05. The van der Waals surface area contributed by atoms with Crippen molar-refractivity contribution >= 4 is 28.3 Å². The molecule has 0 bridgehead atoms. The number of aromatic amines is 1. The van der Waals surface area contributed by atoms with Crippen molar-refractivity contribution in [3.05, 3.63) is 76.2 Å². The molecule has 36 heavy (non-hydrogen) atoms. The van der Waals surface area contributed by atoms with Crippen LogP contribution in [0.25, 0.3) is 11.0 Å². The Balaban J connectivity index is 1.05.